The normalized spacial score (nSPS) is 26.3. The Morgan fingerprint density at radius 2 is 1.96 bits per heavy atom. The molecule has 266 valence electrons. The number of likely N-dealkylation sites (N-methyl/N-ethyl adjacent to an activating group) is 1. The number of unbranched alkanes of at least 4 members (excludes halogenated alkanes) is 2. The Morgan fingerprint density at radius 3 is 2.62 bits per heavy atom. The van der Waals surface area contributed by atoms with Gasteiger partial charge in [-0.2, -0.15) is 0 Å². The molecular formula is C35H50ClN3O9. The number of oxime groups is 1. The molecule has 6 atom stereocenters. The van der Waals surface area contributed by atoms with Crippen molar-refractivity contribution in [2.75, 3.05) is 53.0 Å². The molecule has 6 unspecified atom stereocenters. The molecule has 48 heavy (non-hydrogen) atoms. The minimum absolute atomic E-state index is 0.0362. The number of rotatable bonds is 17. The molecule has 1 fully saturated rings. The molecule has 3 aliphatic rings. The zero-order valence-electron chi connectivity index (χ0n) is 28.2. The predicted molar refractivity (Wildman–Crippen MR) is 181 cm³/mol. The van der Waals surface area contributed by atoms with Crippen LogP contribution in [0.25, 0.3) is 0 Å². The summed E-state index contributed by atoms with van der Waals surface area (Å²) in [6.07, 6.45) is 7.51. The largest absolute Gasteiger partial charge is 0.459 e. The van der Waals surface area contributed by atoms with E-state index >= 15 is 0 Å². The van der Waals surface area contributed by atoms with Crippen LogP contribution in [0.15, 0.2) is 47.7 Å². The van der Waals surface area contributed by atoms with Crippen LogP contribution >= 0.6 is 11.6 Å². The minimum atomic E-state index is -1.40. The Bertz CT molecular complexity index is 1320. The van der Waals surface area contributed by atoms with Gasteiger partial charge in [0.25, 0.3) is 0 Å². The highest BCUT2D eigenvalue weighted by molar-refractivity contribution is 6.18. The molecule has 1 aliphatic heterocycles. The van der Waals surface area contributed by atoms with E-state index in [9.17, 15) is 19.8 Å². The molecule has 0 bridgehead atoms. The summed E-state index contributed by atoms with van der Waals surface area (Å²) in [6, 6.07) is 4.61. The highest BCUT2D eigenvalue weighted by Crippen LogP contribution is 2.61. The van der Waals surface area contributed by atoms with E-state index in [-0.39, 0.29) is 56.5 Å². The quantitative estimate of drug-likeness (QED) is 0.0849. The van der Waals surface area contributed by atoms with Gasteiger partial charge < -0.3 is 44.2 Å². The Labute approximate surface area is 288 Å². The Balaban J connectivity index is 1.98. The second kappa shape index (κ2) is 17.9. The lowest BCUT2D eigenvalue weighted by Gasteiger charge is -2.59. The summed E-state index contributed by atoms with van der Waals surface area (Å²) in [4.78, 5) is 32.8. The van der Waals surface area contributed by atoms with Crippen molar-refractivity contribution >= 4 is 29.5 Å². The number of benzene rings is 1. The first-order valence-electron chi connectivity index (χ1n) is 16.8. The third-order valence-electron chi connectivity index (χ3n) is 9.44. The number of ether oxygens (including phenoxy) is 4. The van der Waals surface area contributed by atoms with E-state index in [4.69, 9.17) is 35.4 Å². The smallest absolute Gasteiger partial charge is 0.412 e. The summed E-state index contributed by atoms with van der Waals surface area (Å²) < 4.78 is 24.9. The van der Waals surface area contributed by atoms with Gasteiger partial charge in [0.15, 0.2) is 0 Å². The van der Waals surface area contributed by atoms with Gasteiger partial charge in [-0.3, -0.25) is 0 Å². The number of aliphatic hydroxyl groups is 2. The van der Waals surface area contributed by atoms with Gasteiger partial charge >= 0.3 is 12.2 Å². The van der Waals surface area contributed by atoms with Crippen LogP contribution in [-0.4, -0.2) is 97.8 Å². The first-order valence-corrected chi connectivity index (χ1v) is 17.4. The summed E-state index contributed by atoms with van der Waals surface area (Å²) in [5.41, 5.74) is 2.41. The van der Waals surface area contributed by atoms with Crippen LogP contribution in [0.2, 0.25) is 0 Å². The number of allylic oxidation sites excluding steroid dienone is 1. The Morgan fingerprint density at radius 1 is 1.21 bits per heavy atom. The Kier molecular flexibility index (Phi) is 14.0. The van der Waals surface area contributed by atoms with Gasteiger partial charge in [0, 0.05) is 44.7 Å². The second-order valence-corrected chi connectivity index (χ2v) is 12.7. The van der Waals surface area contributed by atoms with Gasteiger partial charge in [0.2, 0.25) is 5.79 Å². The third-order valence-corrected chi connectivity index (χ3v) is 9.59. The van der Waals surface area contributed by atoms with E-state index in [1.54, 1.807) is 25.3 Å². The van der Waals surface area contributed by atoms with E-state index in [1.165, 1.54) is 12.0 Å². The number of hydrogen-bond acceptors (Lipinski definition) is 10. The molecule has 1 aromatic carbocycles. The number of alkyl halides is 1. The summed E-state index contributed by atoms with van der Waals surface area (Å²) in [5.74, 6) is -0.946. The zero-order chi connectivity index (χ0) is 34.7. The minimum Gasteiger partial charge on any atom is -0.459 e. The molecular weight excluding hydrogens is 642 g/mol. The maximum atomic E-state index is 13.4. The molecule has 0 saturated heterocycles. The molecule has 2 aliphatic carbocycles. The molecule has 4 rings (SSSR count). The molecule has 2 amide bonds. The standard InChI is InChI=1S/C35H50ClN3O9/c1-5-18-46-35-30(39(3)34(43)45-19-15-36)22-28(38-44-4)26-20-23(11-7-9-16-40)25(12-8-10-17-41)31(32(26)35)27-21-24(13-14-29(27)48-35)47-33(42)37-6-2/h5,13-14,20-21,23,25,30-32,40-41H,1,6-12,15-19,22H2,2-4H3,(H,37,42). The van der Waals surface area contributed by atoms with Crippen LogP contribution < -0.4 is 14.8 Å². The van der Waals surface area contributed by atoms with Crippen molar-refractivity contribution in [3.63, 3.8) is 0 Å². The molecule has 12 nitrogen and oxygen atoms in total. The SMILES string of the molecule is C=CCOC12Oc3ccc(OC(=O)NCC)cc3C3C(CCCCO)C(CCCCO)C=C(C(=NOC)CC1N(C)C(=O)OCCCl)C32. The lowest BCUT2D eigenvalue weighted by atomic mass is 9.55. The van der Waals surface area contributed by atoms with E-state index in [2.05, 4.69) is 23.1 Å². The van der Waals surface area contributed by atoms with E-state index in [0.29, 0.717) is 36.6 Å². The van der Waals surface area contributed by atoms with Gasteiger partial charge in [-0.05, 0) is 68.2 Å². The van der Waals surface area contributed by atoms with Gasteiger partial charge in [0.05, 0.1) is 24.1 Å². The molecule has 0 spiro atoms. The number of aliphatic hydroxyl groups excluding tert-OH is 2. The highest BCUT2D eigenvalue weighted by Gasteiger charge is 2.65. The molecule has 13 heteroatoms. The van der Waals surface area contributed by atoms with Crippen molar-refractivity contribution in [1.29, 1.82) is 0 Å². The molecule has 1 heterocycles. The van der Waals surface area contributed by atoms with Crippen molar-refractivity contribution in [1.82, 2.24) is 10.2 Å². The zero-order valence-corrected chi connectivity index (χ0v) is 29.0. The number of fused-ring (bicyclic) bond motifs is 2. The fourth-order valence-corrected chi connectivity index (χ4v) is 7.62. The maximum absolute atomic E-state index is 13.4. The fourth-order valence-electron chi connectivity index (χ4n) is 7.54. The van der Waals surface area contributed by atoms with Crippen LogP contribution in [-0.2, 0) is 14.3 Å². The molecule has 3 N–H and O–H groups in total. The number of amides is 2. The fraction of sp³-hybridized carbons (Fsp3) is 0.629. The van der Waals surface area contributed by atoms with Gasteiger partial charge in [-0.15, -0.1) is 18.2 Å². The van der Waals surface area contributed by atoms with Crippen LogP contribution in [0.3, 0.4) is 0 Å². The van der Waals surface area contributed by atoms with Gasteiger partial charge in [-0.1, -0.05) is 30.1 Å². The highest BCUT2D eigenvalue weighted by atomic mass is 35.5. The summed E-state index contributed by atoms with van der Waals surface area (Å²) in [5, 5.41) is 26.5. The number of nitrogens with zero attached hydrogens (tertiary/aromatic N) is 2. The molecule has 1 saturated carbocycles. The van der Waals surface area contributed by atoms with Crippen molar-refractivity contribution in [3.05, 3.63) is 48.1 Å². The number of nitrogens with one attached hydrogen (secondary N) is 1. The van der Waals surface area contributed by atoms with E-state index in [0.717, 1.165) is 36.8 Å². The van der Waals surface area contributed by atoms with Crippen molar-refractivity contribution in [3.8, 4) is 11.5 Å². The predicted octanol–water partition coefficient (Wildman–Crippen LogP) is 5.37. The third kappa shape index (κ3) is 8.10. The lowest BCUT2D eigenvalue weighted by Crippen LogP contribution is -2.69. The summed E-state index contributed by atoms with van der Waals surface area (Å²) in [6.45, 7) is 6.49. The van der Waals surface area contributed by atoms with Crippen LogP contribution in [0.1, 0.15) is 63.4 Å². The van der Waals surface area contributed by atoms with E-state index in [1.807, 2.05) is 13.0 Å². The number of halogens is 1. The van der Waals surface area contributed by atoms with Crippen molar-refractivity contribution in [2.45, 2.75) is 69.6 Å². The van der Waals surface area contributed by atoms with E-state index < -0.39 is 29.9 Å². The van der Waals surface area contributed by atoms with Gasteiger partial charge in [-0.25, -0.2) is 9.59 Å². The summed E-state index contributed by atoms with van der Waals surface area (Å²) >= 11 is 5.85. The number of carbonyl (C=O) groups is 2. The monoisotopic (exact) mass is 691 g/mol. The number of carbonyl (C=O) groups excluding carboxylic acids is 2. The average molecular weight is 692 g/mol. The maximum Gasteiger partial charge on any atom is 0.412 e. The van der Waals surface area contributed by atoms with Crippen LogP contribution in [0.4, 0.5) is 9.59 Å². The molecule has 0 aromatic heterocycles. The number of hydrogen-bond donors (Lipinski definition) is 3. The topological polar surface area (TPSA) is 148 Å². The van der Waals surface area contributed by atoms with Crippen molar-refractivity contribution in [2.24, 2.45) is 22.9 Å². The molecule has 1 aromatic rings. The lowest BCUT2D eigenvalue weighted by molar-refractivity contribution is -0.253. The molecule has 0 radical (unpaired) electrons. The first kappa shape index (κ1) is 37.5. The summed E-state index contributed by atoms with van der Waals surface area (Å²) in [7, 11) is 3.14. The van der Waals surface area contributed by atoms with Crippen LogP contribution in [0, 0.1) is 17.8 Å². The Hall–Kier alpha value is -3.32. The first-order chi connectivity index (χ1) is 23.3. The second-order valence-electron chi connectivity index (χ2n) is 12.3. The average Bonchev–Trinajstić information content (AvgIpc) is 3.08. The van der Waals surface area contributed by atoms with Gasteiger partial charge in [0.1, 0.15) is 31.3 Å². The van der Waals surface area contributed by atoms with Crippen LogP contribution in [0.5, 0.6) is 11.5 Å². The van der Waals surface area contributed by atoms with Crippen molar-refractivity contribution < 1.29 is 43.6 Å².